The molecule has 88 valence electrons. The SMILES string of the molecule is Cc1cccc(NC(=NC(C)C)NN)c1C. The molecule has 4 N–H and O–H groups in total. The molecule has 0 spiro atoms. The molecule has 1 aromatic rings. The standard InChI is InChI=1S/C12H20N4/c1-8(2)14-12(16-13)15-11-7-5-6-9(3)10(11)4/h5-8H,13H2,1-4H3,(H2,14,15,16). The normalized spacial score (nSPS) is 11.8. The van der Waals surface area contributed by atoms with Crippen LogP contribution in [-0.2, 0) is 0 Å². The van der Waals surface area contributed by atoms with Crippen molar-refractivity contribution in [1.29, 1.82) is 0 Å². The number of benzene rings is 1. The fourth-order valence-electron chi connectivity index (χ4n) is 1.38. The maximum absolute atomic E-state index is 5.41. The first-order valence-corrected chi connectivity index (χ1v) is 5.42. The summed E-state index contributed by atoms with van der Waals surface area (Å²) in [5, 5.41) is 3.18. The Bertz CT molecular complexity index is 383. The summed E-state index contributed by atoms with van der Waals surface area (Å²) in [4.78, 5) is 4.33. The van der Waals surface area contributed by atoms with Gasteiger partial charge in [0.1, 0.15) is 0 Å². The molecule has 0 atom stereocenters. The summed E-state index contributed by atoms with van der Waals surface area (Å²) in [5.74, 6) is 6.00. The molecule has 1 rings (SSSR count). The van der Waals surface area contributed by atoms with Gasteiger partial charge in [-0.05, 0) is 44.9 Å². The molecule has 1 aromatic carbocycles. The number of rotatable bonds is 2. The third-order valence-corrected chi connectivity index (χ3v) is 2.38. The van der Waals surface area contributed by atoms with Crippen molar-refractivity contribution in [2.45, 2.75) is 33.7 Å². The van der Waals surface area contributed by atoms with Gasteiger partial charge in [-0.3, -0.25) is 5.43 Å². The van der Waals surface area contributed by atoms with Crippen molar-refractivity contribution in [3.63, 3.8) is 0 Å². The third-order valence-electron chi connectivity index (χ3n) is 2.38. The van der Waals surface area contributed by atoms with E-state index in [2.05, 4.69) is 35.6 Å². The zero-order chi connectivity index (χ0) is 12.1. The summed E-state index contributed by atoms with van der Waals surface area (Å²) in [5.41, 5.74) is 6.04. The van der Waals surface area contributed by atoms with Gasteiger partial charge in [-0.25, -0.2) is 10.8 Å². The molecule has 0 aliphatic carbocycles. The van der Waals surface area contributed by atoms with E-state index < -0.39 is 0 Å². The Labute approximate surface area is 96.9 Å². The van der Waals surface area contributed by atoms with Gasteiger partial charge >= 0.3 is 0 Å². The van der Waals surface area contributed by atoms with E-state index in [9.17, 15) is 0 Å². The molecule has 0 bridgehead atoms. The van der Waals surface area contributed by atoms with E-state index in [1.807, 2.05) is 26.0 Å². The van der Waals surface area contributed by atoms with Gasteiger partial charge in [0.15, 0.2) is 0 Å². The Morgan fingerprint density at radius 3 is 2.56 bits per heavy atom. The topological polar surface area (TPSA) is 62.4 Å². The fourth-order valence-corrected chi connectivity index (χ4v) is 1.38. The lowest BCUT2D eigenvalue weighted by Gasteiger charge is -2.13. The van der Waals surface area contributed by atoms with E-state index in [-0.39, 0.29) is 6.04 Å². The van der Waals surface area contributed by atoms with Gasteiger partial charge in [-0.1, -0.05) is 12.1 Å². The van der Waals surface area contributed by atoms with Crippen LogP contribution < -0.4 is 16.6 Å². The summed E-state index contributed by atoms with van der Waals surface area (Å²) in [6, 6.07) is 6.29. The van der Waals surface area contributed by atoms with E-state index in [0.29, 0.717) is 5.96 Å². The van der Waals surface area contributed by atoms with Crippen LogP contribution in [0.15, 0.2) is 23.2 Å². The lowest BCUT2D eigenvalue weighted by Crippen LogP contribution is -2.37. The number of guanidine groups is 1. The number of aryl methyl sites for hydroxylation is 1. The summed E-state index contributed by atoms with van der Waals surface area (Å²) >= 11 is 0. The second-order valence-electron chi connectivity index (χ2n) is 4.09. The quantitative estimate of drug-likeness (QED) is 0.309. The Balaban J connectivity index is 2.91. The summed E-state index contributed by atoms with van der Waals surface area (Å²) < 4.78 is 0. The molecular formula is C12H20N4. The van der Waals surface area contributed by atoms with E-state index in [1.54, 1.807) is 0 Å². The highest BCUT2D eigenvalue weighted by Gasteiger charge is 2.03. The fraction of sp³-hybridized carbons (Fsp3) is 0.417. The minimum atomic E-state index is 0.198. The van der Waals surface area contributed by atoms with Gasteiger partial charge in [0.25, 0.3) is 0 Å². The predicted molar refractivity (Wildman–Crippen MR) is 69.4 cm³/mol. The molecule has 16 heavy (non-hydrogen) atoms. The van der Waals surface area contributed by atoms with Crippen LogP contribution in [0.4, 0.5) is 5.69 Å². The molecule has 0 aliphatic heterocycles. The molecule has 0 saturated heterocycles. The number of nitrogens with two attached hydrogens (primary N) is 1. The minimum Gasteiger partial charge on any atom is -0.325 e. The molecular weight excluding hydrogens is 200 g/mol. The predicted octanol–water partition coefficient (Wildman–Crippen LogP) is 1.94. The van der Waals surface area contributed by atoms with Crippen molar-refractivity contribution in [3.8, 4) is 0 Å². The minimum absolute atomic E-state index is 0.198. The van der Waals surface area contributed by atoms with Gasteiger partial charge in [-0.15, -0.1) is 0 Å². The van der Waals surface area contributed by atoms with Gasteiger partial charge in [0, 0.05) is 11.7 Å². The van der Waals surface area contributed by atoms with Crippen LogP contribution >= 0.6 is 0 Å². The number of aliphatic imine (C=N–C) groups is 1. The van der Waals surface area contributed by atoms with Gasteiger partial charge in [0.2, 0.25) is 5.96 Å². The van der Waals surface area contributed by atoms with Crippen LogP contribution in [0.25, 0.3) is 0 Å². The van der Waals surface area contributed by atoms with Crippen molar-refractivity contribution in [1.82, 2.24) is 5.43 Å². The molecule has 0 unspecified atom stereocenters. The highest BCUT2D eigenvalue weighted by Crippen LogP contribution is 2.17. The average molecular weight is 220 g/mol. The highest BCUT2D eigenvalue weighted by atomic mass is 15.3. The molecule has 0 heterocycles. The largest absolute Gasteiger partial charge is 0.325 e. The molecule has 0 amide bonds. The number of hydrogen-bond acceptors (Lipinski definition) is 2. The van der Waals surface area contributed by atoms with E-state index in [1.165, 1.54) is 11.1 Å². The Morgan fingerprint density at radius 2 is 2.00 bits per heavy atom. The number of anilines is 1. The molecule has 4 heteroatoms. The second-order valence-corrected chi connectivity index (χ2v) is 4.09. The van der Waals surface area contributed by atoms with Crippen LogP contribution in [-0.4, -0.2) is 12.0 Å². The van der Waals surface area contributed by atoms with Crippen molar-refractivity contribution < 1.29 is 0 Å². The summed E-state index contributed by atoms with van der Waals surface area (Å²) in [7, 11) is 0. The van der Waals surface area contributed by atoms with E-state index in [0.717, 1.165) is 5.69 Å². The maximum atomic E-state index is 5.41. The van der Waals surface area contributed by atoms with E-state index >= 15 is 0 Å². The Hall–Kier alpha value is -1.55. The number of hydrazine groups is 1. The van der Waals surface area contributed by atoms with Crippen LogP contribution in [0.3, 0.4) is 0 Å². The first-order chi connectivity index (χ1) is 7.54. The zero-order valence-corrected chi connectivity index (χ0v) is 10.3. The van der Waals surface area contributed by atoms with Crippen molar-refractivity contribution in [2.75, 3.05) is 5.32 Å². The molecule has 0 aromatic heterocycles. The van der Waals surface area contributed by atoms with Gasteiger partial charge < -0.3 is 5.32 Å². The zero-order valence-electron chi connectivity index (χ0n) is 10.3. The van der Waals surface area contributed by atoms with Crippen molar-refractivity contribution in [2.24, 2.45) is 10.8 Å². The average Bonchev–Trinajstić information content (AvgIpc) is 2.23. The lowest BCUT2D eigenvalue weighted by molar-refractivity contribution is 0.819. The summed E-state index contributed by atoms with van der Waals surface area (Å²) in [6.45, 7) is 8.15. The Kier molecular flexibility index (Phi) is 4.31. The summed E-state index contributed by atoms with van der Waals surface area (Å²) in [6.07, 6.45) is 0. The first kappa shape index (κ1) is 12.5. The van der Waals surface area contributed by atoms with Crippen molar-refractivity contribution >= 4 is 11.6 Å². The lowest BCUT2D eigenvalue weighted by atomic mass is 10.1. The maximum Gasteiger partial charge on any atom is 0.210 e. The molecule has 0 aliphatic rings. The van der Waals surface area contributed by atoms with E-state index in [4.69, 9.17) is 5.84 Å². The number of hydrogen-bond donors (Lipinski definition) is 3. The number of nitrogens with one attached hydrogen (secondary N) is 2. The highest BCUT2D eigenvalue weighted by molar-refractivity contribution is 5.94. The molecule has 4 nitrogen and oxygen atoms in total. The monoisotopic (exact) mass is 220 g/mol. The van der Waals surface area contributed by atoms with Crippen molar-refractivity contribution in [3.05, 3.63) is 29.3 Å². The molecule has 0 fully saturated rings. The van der Waals surface area contributed by atoms with Gasteiger partial charge in [0.05, 0.1) is 0 Å². The van der Waals surface area contributed by atoms with Gasteiger partial charge in [-0.2, -0.15) is 0 Å². The Morgan fingerprint density at radius 1 is 1.31 bits per heavy atom. The molecule has 0 radical (unpaired) electrons. The van der Waals surface area contributed by atoms with Crippen LogP contribution in [0.2, 0.25) is 0 Å². The van der Waals surface area contributed by atoms with Crippen LogP contribution in [0, 0.1) is 13.8 Å². The molecule has 0 saturated carbocycles. The van der Waals surface area contributed by atoms with Crippen LogP contribution in [0.5, 0.6) is 0 Å². The van der Waals surface area contributed by atoms with Crippen LogP contribution in [0.1, 0.15) is 25.0 Å². The number of nitrogens with zero attached hydrogens (tertiary/aromatic N) is 1. The third kappa shape index (κ3) is 3.24. The second kappa shape index (κ2) is 5.51. The smallest absolute Gasteiger partial charge is 0.210 e. The first-order valence-electron chi connectivity index (χ1n) is 5.42.